The summed E-state index contributed by atoms with van der Waals surface area (Å²) in [6.45, 7) is 5.01. The van der Waals surface area contributed by atoms with Crippen molar-refractivity contribution in [3.63, 3.8) is 0 Å². The first-order valence-electron chi connectivity index (χ1n) is 4.37. The first-order chi connectivity index (χ1) is 5.22. The molecule has 1 atom stereocenters. The van der Waals surface area contributed by atoms with Crippen molar-refractivity contribution in [2.24, 2.45) is 5.92 Å². The molecule has 1 unspecified atom stereocenters. The quantitative estimate of drug-likeness (QED) is 0.665. The molecule has 1 fully saturated rings. The van der Waals surface area contributed by atoms with E-state index >= 15 is 0 Å². The molecule has 2 nitrogen and oxygen atoms in total. The smallest absolute Gasteiger partial charge is 0.0666 e. The van der Waals surface area contributed by atoms with Gasteiger partial charge in [0.15, 0.2) is 0 Å². The molecule has 1 saturated carbocycles. The van der Waals surface area contributed by atoms with Crippen molar-refractivity contribution < 1.29 is 0 Å². The summed E-state index contributed by atoms with van der Waals surface area (Å²) in [5.74, 6) is 0.152. The topological polar surface area (TPSA) is 35.8 Å². The van der Waals surface area contributed by atoms with Crippen LogP contribution < -0.4 is 5.32 Å². The number of nitrogens with zero attached hydrogens (tertiary/aromatic N) is 1. The maximum absolute atomic E-state index is 8.53. The van der Waals surface area contributed by atoms with Crippen molar-refractivity contribution in [1.29, 1.82) is 5.26 Å². The number of nitrogens with one attached hydrogen (secondary N) is 1. The van der Waals surface area contributed by atoms with Crippen LogP contribution in [0.2, 0.25) is 0 Å². The molecule has 0 amide bonds. The molecule has 0 aliphatic heterocycles. The van der Waals surface area contributed by atoms with E-state index in [9.17, 15) is 0 Å². The lowest BCUT2D eigenvalue weighted by Crippen LogP contribution is -2.33. The van der Waals surface area contributed by atoms with E-state index in [1.165, 1.54) is 19.3 Å². The number of rotatable bonds is 4. The predicted molar refractivity (Wildman–Crippen MR) is 45.0 cm³/mol. The van der Waals surface area contributed by atoms with E-state index < -0.39 is 0 Å². The highest BCUT2D eigenvalue weighted by Crippen LogP contribution is 2.38. The van der Waals surface area contributed by atoms with Crippen molar-refractivity contribution in [1.82, 2.24) is 5.32 Å². The van der Waals surface area contributed by atoms with E-state index in [0.717, 1.165) is 6.54 Å². The zero-order chi connectivity index (χ0) is 8.32. The highest BCUT2D eigenvalue weighted by atomic mass is 15.0. The van der Waals surface area contributed by atoms with Crippen LogP contribution in [0.25, 0.3) is 0 Å². The van der Waals surface area contributed by atoms with Gasteiger partial charge in [0.05, 0.1) is 12.0 Å². The average molecular weight is 152 g/mol. The van der Waals surface area contributed by atoms with Crippen molar-refractivity contribution >= 4 is 0 Å². The summed E-state index contributed by atoms with van der Waals surface area (Å²) in [7, 11) is 0. The molecule has 2 heteroatoms. The van der Waals surface area contributed by atoms with Crippen molar-refractivity contribution in [2.75, 3.05) is 6.54 Å². The maximum atomic E-state index is 8.53. The molecule has 0 aromatic carbocycles. The molecule has 0 heterocycles. The van der Waals surface area contributed by atoms with Gasteiger partial charge in [-0.1, -0.05) is 6.92 Å². The molecular weight excluding hydrogens is 136 g/mol. The first kappa shape index (κ1) is 8.55. The van der Waals surface area contributed by atoms with Crippen molar-refractivity contribution in [3.05, 3.63) is 0 Å². The van der Waals surface area contributed by atoms with Crippen LogP contribution in [0.15, 0.2) is 0 Å². The van der Waals surface area contributed by atoms with Crippen LogP contribution in [0.4, 0.5) is 0 Å². The Kier molecular flexibility index (Phi) is 2.51. The van der Waals surface area contributed by atoms with Crippen LogP contribution in [-0.4, -0.2) is 12.1 Å². The Morgan fingerprint density at radius 1 is 1.64 bits per heavy atom. The third kappa shape index (κ3) is 2.20. The van der Waals surface area contributed by atoms with E-state index in [2.05, 4.69) is 18.3 Å². The molecule has 1 aliphatic rings. The van der Waals surface area contributed by atoms with Crippen LogP contribution in [0, 0.1) is 17.2 Å². The predicted octanol–water partition coefficient (Wildman–Crippen LogP) is 1.68. The van der Waals surface area contributed by atoms with Gasteiger partial charge in [0, 0.05) is 12.1 Å². The fourth-order valence-electron chi connectivity index (χ4n) is 1.22. The van der Waals surface area contributed by atoms with Crippen molar-refractivity contribution in [2.45, 2.75) is 38.6 Å². The molecular formula is C9H16N2. The second kappa shape index (κ2) is 3.23. The highest BCUT2D eigenvalue weighted by molar-refractivity contribution is 5.01. The number of nitriles is 1. The summed E-state index contributed by atoms with van der Waals surface area (Å²) >= 11 is 0. The summed E-state index contributed by atoms with van der Waals surface area (Å²) in [6.07, 6.45) is 3.79. The fraction of sp³-hybridized carbons (Fsp3) is 0.889. The van der Waals surface area contributed by atoms with E-state index in [4.69, 9.17) is 5.26 Å². The summed E-state index contributed by atoms with van der Waals surface area (Å²) in [5.41, 5.74) is 0.422. The Morgan fingerprint density at radius 3 is 2.64 bits per heavy atom. The minimum atomic E-state index is 0.152. The zero-order valence-corrected chi connectivity index (χ0v) is 7.35. The van der Waals surface area contributed by atoms with Crippen LogP contribution in [0.1, 0.15) is 33.1 Å². The summed E-state index contributed by atoms with van der Waals surface area (Å²) in [5, 5.41) is 12.0. The van der Waals surface area contributed by atoms with Gasteiger partial charge in [0.25, 0.3) is 0 Å². The Balaban J connectivity index is 2.18. The van der Waals surface area contributed by atoms with E-state index in [1.54, 1.807) is 0 Å². The Bertz CT molecular complexity index is 165. The Hall–Kier alpha value is -0.550. The minimum absolute atomic E-state index is 0.152. The Morgan fingerprint density at radius 2 is 2.27 bits per heavy atom. The van der Waals surface area contributed by atoms with Crippen molar-refractivity contribution in [3.8, 4) is 6.07 Å². The molecule has 0 saturated heterocycles. The summed E-state index contributed by atoms with van der Waals surface area (Å²) in [4.78, 5) is 0. The lowest BCUT2D eigenvalue weighted by molar-refractivity contribution is 0.457. The lowest BCUT2D eigenvalue weighted by atomic mass is 10.1. The van der Waals surface area contributed by atoms with E-state index in [1.807, 2.05) is 6.92 Å². The molecule has 1 aliphatic carbocycles. The zero-order valence-electron chi connectivity index (χ0n) is 7.35. The minimum Gasteiger partial charge on any atom is -0.310 e. The van der Waals surface area contributed by atoms with Gasteiger partial charge in [-0.05, 0) is 26.2 Å². The van der Waals surface area contributed by atoms with Crippen LogP contribution >= 0.6 is 0 Å². The Labute approximate surface area is 68.6 Å². The van der Waals surface area contributed by atoms with Gasteiger partial charge < -0.3 is 5.32 Å². The van der Waals surface area contributed by atoms with Gasteiger partial charge in [-0.25, -0.2) is 0 Å². The van der Waals surface area contributed by atoms with Gasteiger partial charge in [0.1, 0.15) is 0 Å². The third-order valence-electron chi connectivity index (χ3n) is 2.53. The second-order valence-corrected chi connectivity index (χ2v) is 3.54. The first-order valence-corrected chi connectivity index (χ1v) is 4.37. The maximum Gasteiger partial charge on any atom is 0.0666 e. The average Bonchev–Trinajstić information content (AvgIpc) is 2.81. The van der Waals surface area contributed by atoms with Crippen LogP contribution in [0.5, 0.6) is 0 Å². The van der Waals surface area contributed by atoms with Gasteiger partial charge in [-0.15, -0.1) is 0 Å². The lowest BCUT2D eigenvalue weighted by Gasteiger charge is -2.15. The monoisotopic (exact) mass is 152 g/mol. The number of hydrogen-bond donors (Lipinski definition) is 1. The van der Waals surface area contributed by atoms with Crippen LogP contribution in [0.3, 0.4) is 0 Å². The molecule has 0 radical (unpaired) electrons. The molecule has 0 bridgehead atoms. The molecule has 1 rings (SSSR count). The van der Waals surface area contributed by atoms with Gasteiger partial charge in [0.2, 0.25) is 0 Å². The van der Waals surface area contributed by atoms with E-state index in [0.29, 0.717) is 5.54 Å². The summed E-state index contributed by atoms with van der Waals surface area (Å²) < 4.78 is 0. The highest BCUT2D eigenvalue weighted by Gasteiger charge is 2.39. The van der Waals surface area contributed by atoms with Crippen LogP contribution in [-0.2, 0) is 0 Å². The fourth-order valence-corrected chi connectivity index (χ4v) is 1.22. The van der Waals surface area contributed by atoms with E-state index in [-0.39, 0.29) is 5.92 Å². The normalized spacial score (nSPS) is 22.3. The number of hydrogen-bond acceptors (Lipinski definition) is 2. The molecule has 11 heavy (non-hydrogen) atoms. The molecule has 62 valence electrons. The molecule has 0 aromatic rings. The molecule has 1 N–H and O–H groups in total. The van der Waals surface area contributed by atoms with Gasteiger partial charge in [-0.3, -0.25) is 0 Å². The second-order valence-electron chi connectivity index (χ2n) is 3.54. The van der Waals surface area contributed by atoms with Gasteiger partial charge in [-0.2, -0.15) is 5.26 Å². The molecule has 0 aromatic heterocycles. The molecule has 0 spiro atoms. The van der Waals surface area contributed by atoms with Gasteiger partial charge >= 0.3 is 0 Å². The SMILES string of the molecule is CCC1(NCC(C)C#N)CC1. The third-order valence-corrected chi connectivity index (χ3v) is 2.53. The standard InChI is InChI=1S/C9H16N2/c1-3-9(4-5-9)11-7-8(2)6-10/h8,11H,3-5,7H2,1-2H3. The summed E-state index contributed by atoms with van der Waals surface area (Å²) in [6, 6.07) is 2.23. The largest absolute Gasteiger partial charge is 0.310 e.